The van der Waals surface area contributed by atoms with Crippen LogP contribution >= 0.6 is 0 Å². The van der Waals surface area contributed by atoms with Gasteiger partial charge in [0.1, 0.15) is 22.6 Å². The second-order valence-electron chi connectivity index (χ2n) is 9.67. The van der Waals surface area contributed by atoms with Crippen molar-refractivity contribution in [3.63, 3.8) is 0 Å². The summed E-state index contributed by atoms with van der Waals surface area (Å²) in [6.45, 7) is 4.45. The number of aromatic nitrogens is 4. The van der Waals surface area contributed by atoms with Crippen molar-refractivity contribution >= 4 is 33.0 Å². The summed E-state index contributed by atoms with van der Waals surface area (Å²) in [6.07, 6.45) is 2.13. The number of hydrogen-bond acceptors (Lipinski definition) is 0. The fourth-order valence-electron chi connectivity index (χ4n) is 5.94. The molecule has 178 valence electrons. The molecule has 0 amide bonds. The molecule has 3 heterocycles. The molecule has 0 spiro atoms. The van der Waals surface area contributed by atoms with E-state index in [0.717, 1.165) is 5.69 Å². The lowest BCUT2D eigenvalue weighted by Crippen LogP contribution is -2.35. The summed E-state index contributed by atoms with van der Waals surface area (Å²) >= 11 is 0. The van der Waals surface area contributed by atoms with Crippen LogP contribution in [0.5, 0.6) is 0 Å². The zero-order chi connectivity index (χ0) is 25.1. The molecule has 0 aliphatic heterocycles. The molecule has 0 fully saturated rings. The highest BCUT2D eigenvalue weighted by Gasteiger charge is 2.28. The Morgan fingerprint density at radius 2 is 1.30 bits per heavy atom. The van der Waals surface area contributed by atoms with Gasteiger partial charge >= 0.3 is 0 Å². The Bertz CT molecular complexity index is 1960. The molecular weight excluding hydrogens is 452 g/mol. The highest BCUT2D eigenvalue weighted by Crippen LogP contribution is 2.32. The number of fused-ring (bicyclic) bond motifs is 4. The van der Waals surface area contributed by atoms with Crippen LogP contribution in [0.15, 0.2) is 115 Å². The Hall–Kier alpha value is -4.70. The van der Waals surface area contributed by atoms with Gasteiger partial charge in [-0.15, -0.1) is 0 Å². The minimum absolute atomic E-state index is 1.16. The lowest BCUT2D eigenvalue weighted by atomic mass is 10.1. The van der Waals surface area contributed by atoms with E-state index in [2.05, 4.69) is 155 Å². The summed E-state index contributed by atoms with van der Waals surface area (Å²) in [4.78, 5) is 0. The van der Waals surface area contributed by atoms with E-state index in [1.165, 1.54) is 55.7 Å². The third kappa shape index (κ3) is 3.09. The minimum Gasteiger partial charge on any atom is -0.236 e. The van der Waals surface area contributed by atoms with Crippen molar-refractivity contribution in [2.24, 2.45) is 7.05 Å². The van der Waals surface area contributed by atoms with Gasteiger partial charge in [-0.3, -0.25) is 0 Å². The first-order chi connectivity index (χ1) is 18.1. The SMILES string of the molecule is Cc1c(-n2c3ccccc3c3ccc[n+](C)c32)cccc1-[n+]1c(C)n(-c2ccccc2)c2ccccc21. The molecule has 0 aliphatic carbocycles. The normalized spacial score (nSPS) is 11.6. The van der Waals surface area contributed by atoms with Crippen LogP contribution in [0.25, 0.3) is 50.0 Å². The first-order valence-corrected chi connectivity index (χ1v) is 12.7. The number of rotatable bonds is 3. The van der Waals surface area contributed by atoms with Gasteiger partial charge in [0, 0.05) is 17.9 Å². The second kappa shape index (κ2) is 8.17. The van der Waals surface area contributed by atoms with E-state index >= 15 is 0 Å². The highest BCUT2D eigenvalue weighted by atomic mass is 15.2. The molecule has 4 heteroatoms. The molecule has 0 aliphatic rings. The molecule has 0 bridgehead atoms. The summed E-state index contributed by atoms with van der Waals surface area (Å²) in [7, 11) is 2.13. The van der Waals surface area contributed by atoms with Crippen LogP contribution in [0, 0.1) is 13.8 Å². The molecule has 0 N–H and O–H groups in total. The van der Waals surface area contributed by atoms with E-state index in [9.17, 15) is 0 Å². The van der Waals surface area contributed by atoms with Crippen molar-refractivity contribution in [2.75, 3.05) is 0 Å². The summed E-state index contributed by atoms with van der Waals surface area (Å²) < 4.78 is 9.38. The Kier molecular flexibility index (Phi) is 4.76. The van der Waals surface area contributed by atoms with Gasteiger partial charge in [0.2, 0.25) is 0 Å². The summed E-state index contributed by atoms with van der Waals surface area (Å²) in [5, 5.41) is 2.53. The van der Waals surface area contributed by atoms with Gasteiger partial charge in [-0.2, -0.15) is 13.7 Å². The number of imidazole rings is 1. The van der Waals surface area contributed by atoms with Crippen LogP contribution < -0.4 is 9.13 Å². The number of nitrogens with zero attached hydrogens (tertiary/aromatic N) is 4. The van der Waals surface area contributed by atoms with Gasteiger partial charge in [0.05, 0.1) is 18.6 Å². The maximum atomic E-state index is 2.41. The summed E-state index contributed by atoms with van der Waals surface area (Å²) in [6, 6.07) is 39.0. The predicted octanol–water partition coefficient (Wildman–Crippen LogP) is 6.45. The number of pyridine rings is 1. The molecule has 7 rings (SSSR count). The monoisotopic (exact) mass is 480 g/mol. The van der Waals surface area contributed by atoms with Crippen molar-refractivity contribution in [1.29, 1.82) is 0 Å². The standard InChI is InChI=1S/C33H28N4/c1-23-28(36-24(2)35(25-13-5-4-6-14-25)31-18-9-10-19-32(31)36)20-11-21-29(23)37-30-17-8-7-15-26(30)27-16-12-22-34(3)33(27)37/h4-22H,1-3H3/q+2. The molecule has 7 aromatic rings. The van der Waals surface area contributed by atoms with E-state index < -0.39 is 0 Å². The molecule has 0 saturated carbocycles. The maximum Gasteiger partial charge on any atom is 0.294 e. The van der Waals surface area contributed by atoms with Crippen LogP contribution in [0.3, 0.4) is 0 Å². The fraction of sp³-hybridized carbons (Fsp3) is 0.0909. The van der Waals surface area contributed by atoms with Crippen LogP contribution in [0.2, 0.25) is 0 Å². The van der Waals surface area contributed by atoms with E-state index in [0.29, 0.717) is 0 Å². The van der Waals surface area contributed by atoms with Gasteiger partial charge in [0.15, 0.2) is 11.0 Å². The Labute approximate surface area is 215 Å². The Morgan fingerprint density at radius 3 is 2.14 bits per heavy atom. The first kappa shape index (κ1) is 21.6. The zero-order valence-electron chi connectivity index (χ0n) is 21.3. The van der Waals surface area contributed by atoms with E-state index in [4.69, 9.17) is 0 Å². The van der Waals surface area contributed by atoms with Gasteiger partial charge < -0.3 is 0 Å². The molecule has 3 aromatic heterocycles. The van der Waals surface area contributed by atoms with Gasteiger partial charge in [-0.05, 0) is 67.6 Å². The van der Waals surface area contributed by atoms with Crippen molar-refractivity contribution in [2.45, 2.75) is 13.8 Å². The topological polar surface area (TPSA) is 17.6 Å². The molecule has 4 nitrogen and oxygen atoms in total. The molecule has 0 radical (unpaired) electrons. The van der Waals surface area contributed by atoms with Crippen molar-refractivity contribution in [3.8, 4) is 17.1 Å². The van der Waals surface area contributed by atoms with Crippen molar-refractivity contribution in [1.82, 2.24) is 9.13 Å². The molecule has 0 unspecified atom stereocenters. The molecule has 0 atom stereocenters. The molecule has 0 saturated heterocycles. The minimum atomic E-state index is 1.16. The van der Waals surface area contributed by atoms with Crippen molar-refractivity contribution in [3.05, 3.63) is 127 Å². The van der Waals surface area contributed by atoms with Crippen LogP contribution in [0.4, 0.5) is 0 Å². The first-order valence-electron chi connectivity index (χ1n) is 12.7. The highest BCUT2D eigenvalue weighted by molar-refractivity contribution is 6.06. The van der Waals surface area contributed by atoms with Crippen LogP contribution in [-0.2, 0) is 7.05 Å². The number of para-hydroxylation sites is 4. The van der Waals surface area contributed by atoms with Crippen LogP contribution in [0.1, 0.15) is 11.4 Å². The molecule has 37 heavy (non-hydrogen) atoms. The number of aryl methyl sites for hydroxylation is 1. The lowest BCUT2D eigenvalue weighted by Gasteiger charge is -2.10. The Morgan fingerprint density at radius 1 is 0.595 bits per heavy atom. The van der Waals surface area contributed by atoms with E-state index in [-0.39, 0.29) is 0 Å². The molecule has 4 aromatic carbocycles. The van der Waals surface area contributed by atoms with Gasteiger partial charge in [-0.1, -0.05) is 48.5 Å². The zero-order valence-corrected chi connectivity index (χ0v) is 21.3. The summed E-state index contributed by atoms with van der Waals surface area (Å²) in [5.74, 6) is 1.17. The smallest absolute Gasteiger partial charge is 0.236 e. The second-order valence-corrected chi connectivity index (χ2v) is 9.67. The van der Waals surface area contributed by atoms with Gasteiger partial charge in [0.25, 0.3) is 11.5 Å². The lowest BCUT2D eigenvalue weighted by molar-refractivity contribution is -0.647. The van der Waals surface area contributed by atoms with Crippen molar-refractivity contribution < 1.29 is 9.13 Å². The molecular formula is C33H28N4+2. The number of benzene rings is 4. The van der Waals surface area contributed by atoms with Gasteiger partial charge in [-0.25, -0.2) is 4.57 Å². The average molecular weight is 481 g/mol. The van der Waals surface area contributed by atoms with Crippen LogP contribution in [-0.4, -0.2) is 9.13 Å². The van der Waals surface area contributed by atoms with E-state index in [1.807, 2.05) is 0 Å². The van der Waals surface area contributed by atoms with E-state index in [1.54, 1.807) is 0 Å². The average Bonchev–Trinajstić information content (AvgIpc) is 3.42. The summed E-state index contributed by atoms with van der Waals surface area (Å²) in [5.41, 5.74) is 9.57. The number of hydrogen-bond donors (Lipinski definition) is 0. The Balaban J connectivity index is 1.56. The predicted molar refractivity (Wildman–Crippen MR) is 150 cm³/mol. The largest absolute Gasteiger partial charge is 0.294 e. The quantitative estimate of drug-likeness (QED) is 0.259. The third-order valence-corrected chi connectivity index (χ3v) is 7.58. The fourth-order valence-corrected chi connectivity index (χ4v) is 5.94. The maximum absolute atomic E-state index is 2.41. The third-order valence-electron chi connectivity index (χ3n) is 7.58.